The van der Waals surface area contributed by atoms with Gasteiger partial charge in [-0.1, -0.05) is 18.2 Å². The van der Waals surface area contributed by atoms with Crippen molar-refractivity contribution in [3.63, 3.8) is 0 Å². The molecule has 0 aliphatic carbocycles. The summed E-state index contributed by atoms with van der Waals surface area (Å²) in [5.74, 6) is 2.43. The Labute approximate surface area is 184 Å². The highest BCUT2D eigenvalue weighted by Gasteiger charge is 2.22. The lowest BCUT2D eigenvalue weighted by Gasteiger charge is -2.34. The zero-order valence-electron chi connectivity index (χ0n) is 18.3. The van der Waals surface area contributed by atoms with Gasteiger partial charge in [0.05, 0.1) is 13.7 Å². The number of methoxy groups -OCH3 is 1. The molecule has 0 spiro atoms. The minimum absolute atomic E-state index is 0.110. The number of benzene rings is 2. The molecule has 166 valence electrons. The van der Waals surface area contributed by atoms with Crippen molar-refractivity contribution >= 4 is 11.9 Å². The van der Waals surface area contributed by atoms with Gasteiger partial charge in [-0.2, -0.15) is 0 Å². The zero-order valence-corrected chi connectivity index (χ0v) is 18.3. The summed E-state index contributed by atoms with van der Waals surface area (Å²) in [5, 5.41) is 6.28. The topological polar surface area (TPSA) is 75.2 Å². The van der Waals surface area contributed by atoms with E-state index in [0.29, 0.717) is 18.7 Å². The van der Waals surface area contributed by atoms with Crippen LogP contribution in [0.3, 0.4) is 0 Å². The number of nitrogens with zero attached hydrogens (tertiary/aromatic N) is 2. The van der Waals surface area contributed by atoms with Crippen molar-refractivity contribution < 1.29 is 14.3 Å². The van der Waals surface area contributed by atoms with E-state index in [2.05, 4.69) is 22.5 Å². The van der Waals surface area contributed by atoms with Gasteiger partial charge in [-0.25, -0.2) is 0 Å². The van der Waals surface area contributed by atoms with Crippen LogP contribution < -0.4 is 20.1 Å². The van der Waals surface area contributed by atoms with Crippen molar-refractivity contribution in [2.24, 2.45) is 4.99 Å². The lowest BCUT2D eigenvalue weighted by Crippen LogP contribution is -2.47. The third kappa shape index (κ3) is 6.91. The van der Waals surface area contributed by atoms with Crippen molar-refractivity contribution in [1.29, 1.82) is 0 Å². The third-order valence-electron chi connectivity index (χ3n) is 5.13. The summed E-state index contributed by atoms with van der Waals surface area (Å²) in [6.07, 6.45) is 2.13. The van der Waals surface area contributed by atoms with Gasteiger partial charge in [0.25, 0.3) is 5.91 Å². The maximum absolute atomic E-state index is 12.3. The molecule has 1 aliphatic heterocycles. The lowest BCUT2D eigenvalue weighted by atomic mass is 10.1. The first-order valence-electron chi connectivity index (χ1n) is 10.9. The monoisotopic (exact) mass is 424 g/mol. The van der Waals surface area contributed by atoms with E-state index in [1.165, 1.54) is 0 Å². The van der Waals surface area contributed by atoms with E-state index in [9.17, 15) is 4.79 Å². The number of carbonyl (C=O) groups is 1. The third-order valence-corrected chi connectivity index (χ3v) is 5.13. The van der Waals surface area contributed by atoms with Gasteiger partial charge in [0.15, 0.2) is 5.96 Å². The van der Waals surface area contributed by atoms with E-state index in [-0.39, 0.29) is 12.0 Å². The molecule has 1 heterocycles. The molecule has 0 aromatic heterocycles. The molecule has 31 heavy (non-hydrogen) atoms. The summed E-state index contributed by atoms with van der Waals surface area (Å²) in [7, 11) is 1.60. The van der Waals surface area contributed by atoms with Crippen LogP contribution >= 0.6 is 0 Å². The molecule has 2 aromatic rings. The quantitative estimate of drug-likeness (QED) is 0.387. The Morgan fingerprint density at radius 1 is 1.03 bits per heavy atom. The predicted molar refractivity (Wildman–Crippen MR) is 123 cm³/mol. The SMILES string of the molecule is CCNC(=NCCNC(=O)c1ccc(OC)cc1)N1CCC(Oc2ccccc2)CC1. The number of piperidine rings is 1. The summed E-state index contributed by atoms with van der Waals surface area (Å²) < 4.78 is 11.2. The van der Waals surface area contributed by atoms with Crippen molar-refractivity contribution in [2.45, 2.75) is 25.9 Å². The number of guanidine groups is 1. The van der Waals surface area contributed by atoms with Crippen LogP contribution in [0.5, 0.6) is 11.5 Å². The highest BCUT2D eigenvalue weighted by Crippen LogP contribution is 2.18. The maximum atomic E-state index is 12.3. The molecule has 1 aliphatic rings. The molecule has 0 radical (unpaired) electrons. The van der Waals surface area contributed by atoms with Crippen LogP contribution in [0.25, 0.3) is 0 Å². The van der Waals surface area contributed by atoms with Crippen molar-refractivity contribution in [1.82, 2.24) is 15.5 Å². The number of carbonyl (C=O) groups excluding carboxylic acids is 1. The number of nitrogens with one attached hydrogen (secondary N) is 2. The first kappa shape index (κ1) is 22.5. The fraction of sp³-hybridized carbons (Fsp3) is 0.417. The van der Waals surface area contributed by atoms with E-state index in [1.54, 1.807) is 31.4 Å². The largest absolute Gasteiger partial charge is 0.497 e. The van der Waals surface area contributed by atoms with Crippen molar-refractivity contribution in [3.8, 4) is 11.5 Å². The van der Waals surface area contributed by atoms with Crippen LogP contribution in [-0.2, 0) is 0 Å². The second kappa shape index (κ2) is 11.8. The Morgan fingerprint density at radius 2 is 1.74 bits per heavy atom. The Hall–Kier alpha value is -3.22. The van der Waals surface area contributed by atoms with Crippen LogP contribution in [0.4, 0.5) is 0 Å². The number of rotatable bonds is 8. The van der Waals surface area contributed by atoms with Gasteiger partial charge in [-0.15, -0.1) is 0 Å². The Bertz CT molecular complexity index is 832. The van der Waals surface area contributed by atoms with Gasteiger partial charge >= 0.3 is 0 Å². The molecule has 0 unspecified atom stereocenters. The van der Waals surface area contributed by atoms with Gasteiger partial charge in [-0.3, -0.25) is 9.79 Å². The van der Waals surface area contributed by atoms with Crippen molar-refractivity contribution in [2.75, 3.05) is 39.8 Å². The number of para-hydroxylation sites is 1. The number of hydrogen-bond acceptors (Lipinski definition) is 4. The first-order chi connectivity index (χ1) is 15.2. The molecule has 0 atom stereocenters. The molecule has 7 heteroatoms. The fourth-order valence-electron chi connectivity index (χ4n) is 3.48. The highest BCUT2D eigenvalue weighted by molar-refractivity contribution is 5.94. The predicted octanol–water partition coefficient (Wildman–Crippen LogP) is 2.93. The lowest BCUT2D eigenvalue weighted by molar-refractivity contribution is 0.0954. The molecule has 1 saturated heterocycles. The van der Waals surface area contributed by atoms with Gasteiger partial charge in [0.1, 0.15) is 17.6 Å². The maximum Gasteiger partial charge on any atom is 0.251 e. The number of hydrogen-bond donors (Lipinski definition) is 2. The number of aliphatic imine (C=N–C) groups is 1. The van der Waals surface area contributed by atoms with Crippen molar-refractivity contribution in [3.05, 3.63) is 60.2 Å². The minimum Gasteiger partial charge on any atom is -0.497 e. The molecular formula is C24H32N4O3. The van der Waals surface area contributed by atoms with Gasteiger partial charge < -0.3 is 25.0 Å². The first-order valence-corrected chi connectivity index (χ1v) is 10.9. The average molecular weight is 425 g/mol. The molecule has 7 nitrogen and oxygen atoms in total. The van der Waals surface area contributed by atoms with Crippen LogP contribution in [0.2, 0.25) is 0 Å². The summed E-state index contributed by atoms with van der Waals surface area (Å²) in [6.45, 7) is 5.64. The van der Waals surface area contributed by atoms with Crippen LogP contribution in [0.15, 0.2) is 59.6 Å². The highest BCUT2D eigenvalue weighted by atomic mass is 16.5. The number of amides is 1. The minimum atomic E-state index is -0.110. The van der Waals surface area contributed by atoms with Crippen LogP contribution in [0.1, 0.15) is 30.1 Å². The molecule has 2 aromatic carbocycles. The van der Waals surface area contributed by atoms with Gasteiger partial charge in [-0.05, 0) is 43.3 Å². The molecule has 3 rings (SSSR count). The van der Waals surface area contributed by atoms with E-state index < -0.39 is 0 Å². The smallest absolute Gasteiger partial charge is 0.251 e. The molecular weight excluding hydrogens is 392 g/mol. The van der Waals surface area contributed by atoms with Gasteiger partial charge in [0.2, 0.25) is 0 Å². The average Bonchev–Trinajstić information content (AvgIpc) is 2.82. The summed E-state index contributed by atoms with van der Waals surface area (Å²) in [6, 6.07) is 17.0. The molecule has 1 fully saturated rings. The number of likely N-dealkylation sites (tertiary alicyclic amines) is 1. The standard InChI is InChI=1S/C24H32N4O3/c1-3-25-24(27-16-15-26-23(29)19-9-11-20(30-2)12-10-19)28-17-13-22(14-18-28)31-21-7-5-4-6-8-21/h4-12,22H,3,13-18H2,1-2H3,(H,25,27)(H,26,29). The Kier molecular flexibility index (Phi) is 8.58. The van der Waals surface area contributed by atoms with Crippen LogP contribution in [-0.4, -0.2) is 62.7 Å². The van der Waals surface area contributed by atoms with Gasteiger partial charge in [0, 0.05) is 44.6 Å². The Morgan fingerprint density at radius 3 is 2.39 bits per heavy atom. The number of ether oxygens (including phenoxy) is 2. The van der Waals surface area contributed by atoms with Crippen LogP contribution in [0, 0.1) is 0 Å². The summed E-state index contributed by atoms with van der Waals surface area (Å²) in [4.78, 5) is 19.2. The molecule has 1 amide bonds. The molecule has 0 bridgehead atoms. The second-order valence-electron chi connectivity index (χ2n) is 7.34. The van der Waals surface area contributed by atoms with E-state index >= 15 is 0 Å². The summed E-state index contributed by atoms with van der Waals surface area (Å²) in [5.41, 5.74) is 0.608. The zero-order chi connectivity index (χ0) is 21.9. The second-order valence-corrected chi connectivity index (χ2v) is 7.34. The van der Waals surface area contributed by atoms with E-state index in [0.717, 1.165) is 49.9 Å². The fourth-order valence-corrected chi connectivity index (χ4v) is 3.48. The normalized spacial score (nSPS) is 14.8. The molecule has 2 N–H and O–H groups in total. The van der Waals surface area contributed by atoms with E-state index in [1.807, 2.05) is 30.3 Å². The molecule has 0 saturated carbocycles. The Balaban J connectivity index is 1.44. The summed E-state index contributed by atoms with van der Waals surface area (Å²) >= 11 is 0. The van der Waals surface area contributed by atoms with E-state index in [4.69, 9.17) is 14.5 Å².